The second-order valence-corrected chi connectivity index (χ2v) is 8.54. The zero-order valence-electron chi connectivity index (χ0n) is 17.7. The molecule has 1 aliphatic heterocycles. The lowest BCUT2D eigenvalue weighted by atomic mass is 9.87. The van der Waals surface area contributed by atoms with Crippen molar-refractivity contribution in [2.45, 2.75) is 50.5 Å². The molecule has 0 aromatic heterocycles. The first-order chi connectivity index (χ1) is 14.5. The van der Waals surface area contributed by atoms with Crippen LogP contribution in [0.2, 0.25) is 0 Å². The highest BCUT2D eigenvalue weighted by Gasteiger charge is 2.34. The highest BCUT2D eigenvalue weighted by atomic mass is 16.5. The van der Waals surface area contributed by atoms with E-state index in [9.17, 15) is 9.90 Å². The smallest absolute Gasteiger partial charge is 0.262 e. The molecule has 2 aliphatic rings. The highest BCUT2D eigenvalue weighted by molar-refractivity contribution is 5.96. The van der Waals surface area contributed by atoms with Crippen LogP contribution in [0, 0.1) is 0 Å². The largest absolute Gasteiger partial charge is 0.508 e. The maximum Gasteiger partial charge on any atom is 0.262 e. The predicted molar refractivity (Wildman–Crippen MR) is 117 cm³/mol. The molecule has 1 amide bonds. The lowest BCUT2D eigenvalue weighted by Crippen LogP contribution is -2.46. The Kier molecular flexibility index (Phi) is 5.86. The topological polar surface area (TPSA) is 79.8 Å². The molecule has 0 spiro atoms. The van der Waals surface area contributed by atoms with E-state index in [0.717, 1.165) is 37.1 Å². The number of fused-ring (bicyclic) bond motifs is 1. The number of anilines is 1. The average molecular weight is 411 g/mol. The standard InChI is InChI=1S/C24H30N2O4/c1-16(20-11-18(27)12-21-23(20)30-15-22(28)26-21)14-25-24(9-3-4-10-24)13-17-5-7-19(29-2)8-6-17/h5-8,11-12,16,25,27H,3-4,9-10,13-15H2,1-2H3,(H,26,28). The van der Waals surface area contributed by atoms with Gasteiger partial charge in [-0.15, -0.1) is 0 Å². The zero-order chi connectivity index (χ0) is 21.1. The Balaban J connectivity index is 1.48. The maximum atomic E-state index is 11.6. The number of ether oxygens (including phenoxy) is 2. The molecule has 30 heavy (non-hydrogen) atoms. The van der Waals surface area contributed by atoms with Crippen molar-refractivity contribution in [1.29, 1.82) is 0 Å². The summed E-state index contributed by atoms with van der Waals surface area (Å²) >= 11 is 0. The first-order valence-electron chi connectivity index (χ1n) is 10.7. The van der Waals surface area contributed by atoms with Gasteiger partial charge in [-0.25, -0.2) is 0 Å². The third-order valence-electron chi connectivity index (χ3n) is 6.30. The molecule has 4 rings (SSSR count). The summed E-state index contributed by atoms with van der Waals surface area (Å²) in [5.74, 6) is 1.59. The molecule has 3 N–H and O–H groups in total. The molecule has 1 atom stereocenters. The normalized spacial score (nSPS) is 18.3. The van der Waals surface area contributed by atoms with Crippen LogP contribution in [0.1, 0.15) is 49.7 Å². The van der Waals surface area contributed by atoms with Gasteiger partial charge in [0.2, 0.25) is 0 Å². The Morgan fingerprint density at radius 2 is 1.97 bits per heavy atom. The molecule has 1 saturated carbocycles. The Labute approximate surface area is 177 Å². The molecular formula is C24H30N2O4. The third-order valence-corrected chi connectivity index (χ3v) is 6.30. The number of phenols is 1. The van der Waals surface area contributed by atoms with E-state index in [1.807, 2.05) is 12.1 Å². The molecule has 1 aliphatic carbocycles. The van der Waals surface area contributed by atoms with Crippen molar-refractivity contribution in [1.82, 2.24) is 5.32 Å². The minimum atomic E-state index is -0.200. The molecular weight excluding hydrogens is 380 g/mol. The van der Waals surface area contributed by atoms with Crippen LogP contribution in [-0.4, -0.2) is 36.8 Å². The summed E-state index contributed by atoms with van der Waals surface area (Å²) in [7, 11) is 1.69. The Morgan fingerprint density at radius 3 is 2.67 bits per heavy atom. The van der Waals surface area contributed by atoms with E-state index in [4.69, 9.17) is 9.47 Å². The minimum absolute atomic E-state index is 0.00628. The third kappa shape index (κ3) is 4.38. The van der Waals surface area contributed by atoms with Gasteiger partial charge in [-0.05, 0) is 48.9 Å². The zero-order valence-corrected chi connectivity index (χ0v) is 17.7. The van der Waals surface area contributed by atoms with Gasteiger partial charge < -0.3 is 25.2 Å². The number of carbonyl (C=O) groups excluding carboxylic acids is 1. The van der Waals surface area contributed by atoms with E-state index in [1.165, 1.54) is 24.5 Å². The summed E-state index contributed by atoms with van der Waals surface area (Å²) in [4.78, 5) is 11.6. The van der Waals surface area contributed by atoms with Gasteiger partial charge in [-0.2, -0.15) is 0 Å². The van der Waals surface area contributed by atoms with Crippen molar-refractivity contribution in [3.05, 3.63) is 47.5 Å². The Morgan fingerprint density at radius 1 is 1.23 bits per heavy atom. The fourth-order valence-corrected chi connectivity index (χ4v) is 4.66. The van der Waals surface area contributed by atoms with Crippen LogP contribution < -0.4 is 20.1 Å². The average Bonchev–Trinajstić information content (AvgIpc) is 3.20. The second-order valence-electron chi connectivity index (χ2n) is 8.54. The van der Waals surface area contributed by atoms with Crippen molar-refractivity contribution in [3.8, 4) is 17.2 Å². The number of amides is 1. The van der Waals surface area contributed by atoms with Crippen LogP contribution in [0.3, 0.4) is 0 Å². The highest BCUT2D eigenvalue weighted by Crippen LogP contribution is 2.40. The van der Waals surface area contributed by atoms with Gasteiger partial charge in [0.25, 0.3) is 5.91 Å². The lowest BCUT2D eigenvalue weighted by Gasteiger charge is -2.33. The van der Waals surface area contributed by atoms with Gasteiger partial charge in [-0.3, -0.25) is 4.79 Å². The number of hydrogen-bond acceptors (Lipinski definition) is 5. The Hall–Kier alpha value is -2.73. The van der Waals surface area contributed by atoms with Gasteiger partial charge in [-0.1, -0.05) is 31.9 Å². The molecule has 1 fully saturated rings. The molecule has 6 nitrogen and oxygen atoms in total. The quantitative estimate of drug-likeness (QED) is 0.643. The van der Waals surface area contributed by atoms with Crippen LogP contribution in [0.4, 0.5) is 5.69 Å². The molecule has 1 unspecified atom stereocenters. The molecule has 2 aromatic carbocycles. The van der Waals surface area contributed by atoms with Crippen molar-refractivity contribution in [3.63, 3.8) is 0 Å². The number of phenolic OH excluding ortho intramolecular Hbond substituents is 1. The van der Waals surface area contributed by atoms with Gasteiger partial charge in [0, 0.05) is 23.7 Å². The first-order valence-corrected chi connectivity index (χ1v) is 10.7. The van der Waals surface area contributed by atoms with Crippen molar-refractivity contribution >= 4 is 11.6 Å². The van der Waals surface area contributed by atoms with Crippen LogP contribution in [0.5, 0.6) is 17.2 Å². The fraction of sp³-hybridized carbons (Fsp3) is 0.458. The van der Waals surface area contributed by atoms with Crippen LogP contribution in [-0.2, 0) is 11.2 Å². The van der Waals surface area contributed by atoms with Crippen LogP contribution in [0.25, 0.3) is 0 Å². The van der Waals surface area contributed by atoms with Crippen LogP contribution in [0.15, 0.2) is 36.4 Å². The molecule has 1 heterocycles. The van der Waals surface area contributed by atoms with E-state index < -0.39 is 0 Å². The molecule has 2 aromatic rings. The number of aromatic hydroxyl groups is 1. The summed E-state index contributed by atoms with van der Waals surface area (Å²) < 4.78 is 11.0. The van der Waals surface area contributed by atoms with E-state index in [2.05, 4.69) is 29.7 Å². The number of hydrogen-bond donors (Lipinski definition) is 3. The van der Waals surface area contributed by atoms with Gasteiger partial charge in [0.15, 0.2) is 6.61 Å². The summed E-state index contributed by atoms with van der Waals surface area (Å²) in [6.07, 6.45) is 5.74. The van der Waals surface area contributed by atoms with Crippen LogP contribution >= 0.6 is 0 Å². The summed E-state index contributed by atoms with van der Waals surface area (Å²) in [5, 5.41) is 16.8. The van der Waals surface area contributed by atoms with E-state index in [1.54, 1.807) is 13.2 Å². The molecule has 0 radical (unpaired) electrons. The lowest BCUT2D eigenvalue weighted by molar-refractivity contribution is -0.118. The number of carbonyl (C=O) groups is 1. The second kappa shape index (κ2) is 8.56. The first kappa shape index (κ1) is 20.5. The fourth-order valence-electron chi connectivity index (χ4n) is 4.66. The van der Waals surface area contributed by atoms with Gasteiger partial charge >= 0.3 is 0 Å². The molecule has 0 bridgehead atoms. The number of benzene rings is 2. The van der Waals surface area contributed by atoms with E-state index >= 15 is 0 Å². The summed E-state index contributed by atoms with van der Waals surface area (Å²) in [6.45, 7) is 2.90. The molecule has 160 valence electrons. The van der Waals surface area contributed by atoms with Crippen molar-refractivity contribution in [2.24, 2.45) is 0 Å². The molecule has 0 saturated heterocycles. The SMILES string of the molecule is COc1ccc(CC2(NCC(C)c3cc(O)cc4c3OCC(=O)N4)CCCC2)cc1. The number of nitrogens with one attached hydrogen (secondary N) is 2. The van der Waals surface area contributed by atoms with Crippen molar-refractivity contribution in [2.75, 3.05) is 25.6 Å². The minimum Gasteiger partial charge on any atom is -0.508 e. The monoisotopic (exact) mass is 410 g/mol. The Bertz CT molecular complexity index is 904. The van der Waals surface area contributed by atoms with Gasteiger partial charge in [0.05, 0.1) is 12.8 Å². The molecule has 6 heteroatoms. The van der Waals surface area contributed by atoms with E-state index in [-0.39, 0.29) is 29.7 Å². The number of methoxy groups -OCH3 is 1. The predicted octanol–water partition coefficient (Wildman–Crippen LogP) is 3.98. The number of rotatable bonds is 7. The maximum absolute atomic E-state index is 11.6. The summed E-state index contributed by atoms with van der Waals surface area (Å²) in [5.41, 5.74) is 2.84. The van der Waals surface area contributed by atoms with Gasteiger partial charge in [0.1, 0.15) is 17.2 Å². The van der Waals surface area contributed by atoms with E-state index in [0.29, 0.717) is 11.4 Å². The van der Waals surface area contributed by atoms with Crippen molar-refractivity contribution < 1.29 is 19.4 Å². The summed E-state index contributed by atoms with van der Waals surface area (Å²) in [6, 6.07) is 11.6.